The zero-order valence-electron chi connectivity index (χ0n) is 28.3. The van der Waals surface area contributed by atoms with Gasteiger partial charge in [-0.3, -0.25) is 9.80 Å². The van der Waals surface area contributed by atoms with Gasteiger partial charge < -0.3 is 20.1 Å². The summed E-state index contributed by atoms with van der Waals surface area (Å²) in [4.78, 5) is 20.1. The van der Waals surface area contributed by atoms with Crippen molar-refractivity contribution in [2.45, 2.75) is 140 Å². The number of methoxy groups -OCH3 is 2. The monoisotopic (exact) mass is 595 g/mol. The van der Waals surface area contributed by atoms with Gasteiger partial charge in [0.15, 0.2) is 11.6 Å². The van der Waals surface area contributed by atoms with Gasteiger partial charge in [-0.1, -0.05) is 13.8 Å². The summed E-state index contributed by atoms with van der Waals surface area (Å²) in [6.07, 6.45) is 3.07. The number of aromatic nitrogens is 3. The SMILES string of the molecule is CCCNC1(c2nc(Cl)nc(C3(NCCC)C(OC)CC(C)(C)N(C)C3(C)C)n2)C(OC)CC(C)(C)N(C)C1(C)C. The van der Waals surface area contributed by atoms with E-state index in [4.69, 9.17) is 36.0 Å². The van der Waals surface area contributed by atoms with Crippen LogP contribution in [0.2, 0.25) is 5.28 Å². The van der Waals surface area contributed by atoms with Crippen molar-refractivity contribution in [3.05, 3.63) is 16.9 Å². The van der Waals surface area contributed by atoms with Crippen molar-refractivity contribution >= 4 is 11.6 Å². The minimum Gasteiger partial charge on any atom is -0.379 e. The van der Waals surface area contributed by atoms with Crippen LogP contribution in [0.15, 0.2) is 0 Å². The van der Waals surface area contributed by atoms with Crippen molar-refractivity contribution in [3.63, 3.8) is 0 Å². The summed E-state index contributed by atoms with van der Waals surface area (Å²) < 4.78 is 12.7. The van der Waals surface area contributed by atoms with Crippen LogP contribution in [0.25, 0.3) is 0 Å². The van der Waals surface area contributed by atoms with Crippen LogP contribution < -0.4 is 10.6 Å². The average molecular weight is 596 g/mol. The van der Waals surface area contributed by atoms with Gasteiger partial charge >= 0.3 is 0 Å². The fourth-order valence-electron chi connectivity index (χ4n) is 7.84. The van der Waals surface area contributed by atoms with Crippen LogP contribution >= 0.6 is 11.6 Å². The third-order valence-electron chi connectivity index (χ3n) is 10.9. The van der Waals surface area contributed by atoms with Gasteiger partial charge in [-0.05, 0) is 120 Å². The molecule has 0 aliphatic carbocycles. The van der Waals surface area contributed by atoms with Gasteiger partial charge in [-0.25, -0.2) is 15.0 Å². The van der Waals surface area contributed by atoms with E-state index in [9.17, 15) is 0 Å². The molecule has 2 aliphatic rings. The van der Waals surface area contributed by atoms with Crippen LogP contribution in [-0.2, 0) is 20.6 Å². The molecule has 41 heavy (non-hydrogen) atoms. The molecular weight excluding hydrogens is 538 g/mol. The Balaban J connectivity index is 2.42. The van der Waals surface area contributed by atoms with Crippen molar-refractivity contribution in [2.75, 3.05) is 41.4 Å². The zero-order chi connectivity index (χ0) is 31.2. The maximum atomic E-state index is 6.91. The second kappa shape index (κ2) is 11.9. The smallest absolute Gasteiger partial charge is 0.226 e. The summed E-state index contributed by atoms with van der Waals surface area (Å²) in [7, 11) is 7.95. The van der Waals surface area contributed by atoms with E-state index in [0.717, 1.165) is 38.8 Å². The Hall–Kier alpha value is -0.940. The van der Waals surface area contributed by atoms with Gasteiger partial charge in [-0.2, -0.15) is 0 Å². The van der Waals surface area contributed by atoms with Crippen molar-refractivity contribution in [2.24, 2.45) is 0 Å². The highest BCUT2D eigenvalue weighted by Gasteiger charge is 2.65. The summed E-state index contributed by atoms with van der Waals surface area (Å²) in [5.41, 5.74) is -2.63. The molecule has 2 fully saturated rings. The highest BCUT2D eigenvalue weighted by molar-refractivity contribution is 6.28. The molecule has 2 N–H and O–H groups in total. The molecule has 3 heterocycles. The van der Waals surface area contributed by atoms with E-state index in [0.29, 0.717) is 11.6 Å². The molecular formula is C31H58ClN7O2. The molecule has 0 bridgehead atoms. The molecule has 2 saturated heterocycles. The second-order valence-electron chi connectivity index (χ2n) is 14.4. The normalized spacial score (nSPS) is 33.1. The number of hydrogen-bond acceptors (Lipinski definition) is 9. The number of hydrogen-bond donors (Lipinski definition) is 2. The summed E-state index contributed by atoms with van der Waals surface area (Å²) in [6.45, 7) is 24.0. The van der Waals surface area contributed by atoms with Crippen molar-refractivity contribution in [1.82, 2.24) is 35.4 Å². The molecule has 0 amide bonds. The average Bonchev–Trinajstić information content (AvgIpc) is 2.89. The lowest BCUT2D eigenvalue weighted by molar-refractivity contribution is -0.163. The molecule has 236 valence electrons. The predicted molar refractivity (Wildman–Crippen MR) is 167 cm³/mol. The predicted octanol–water partition coefficient (Wildman–Crippen LogP) is 4.73. The molecule has 4 atom stereocenters. The first-order valence-electron chi connectivity index (χ1n) is 15.3. The fourth-order valence-corrected chi connectivity index (χ4v) is 8.00. The molecule has 0 aromatic carbocycles. The van der Waals surface area contributed by atoms with Gasteiger partial charge in [-0.15, -0.1) is 0 Å². The number of likely N-dealkylation sites (tertiary alicyclic amines) is 2. The molecule has 0 spiro atoms. The number of halogens is 1. The van der Waals surface area contributed by atoms with Crippen LogP contribution in [-0.4, -0.2) is 101 Å². The molecule has 4 unspecified atom stereocenters. The molecule has 3 rings (SSSR count). The summed E-state index contributed by atoms with van der Waals surface area (Å²) in [6, 6.07) is 0. The Morgan fingerprint density at radius 2 is 1.05 bits per heavy atom. The number of ether oxygens (including phenoxy) is 2. The summed E-state index contributed by atoms with van der Waals surface area (Å²) >= 11 is 6.91. The number of piperidine rings is 2. The first-order chi connectivity index (χ1) is 18.9. The Labute approximate surface area is 254 Å². The molecule has 9 nitrogen and oxygen atoms in total. The first kappa shape index (κ1) is 34.5. The van der Waals surface area contributed by atoms with Crippen molar-refractivity contribution < 1.29 is 9.47 Å². The van der Waals surface area contributed by atoms with Gasteiger partial charge in [0.1, 0.15) is 11.1 Å². The van der Waals surface area contributed by atoms with Crippen molar-refractivity contribution in [1.29, 1.82) is 0 Å². The van der Waals surface area contributed by atoms with E-state index in [2.05, 4.69) is 104 Å². The quantitative estimate of drug-likeness (QED) is 0.398. The van der Waals surface area contributed by atoms with Crippen LogP contribution in [0.1, 0.15) is 107 Å². The molecule has 10 heteroatoms. The van der Waals surface area contributed by atoms with Gasteiger partial charge in [0.05, 0.1) is 12.2 Å². The van der Waals surface area contributed by atoms with Crippen LogP contribution in [0.5, 0.6) is 0 Å². The van der Waals surface area contributed by atoms with E-state index in [1.807, 2.05) is 0 Å². The molecule has 0 saturated carbocycles. The number of rotatable bonds is 10. The zero-order valence-corrected chi connectivity index (χ0v) is 29.1. The van der Waals surface area contributed by atoms with Gasteiger partial charge in [0, 0.05) is 36.4 Å². The van der Waals surface area contributed by atoms with Crippen LogP contribution in [0.3, 0.4) is 0 Å². The standard InChI is InChI=1S/C31H58ClN7O2/c1-15-17-33-30(21(40-13)19-26(3,4)38(11)28(30,7)8)23-35-24(37-25(32)36-23)31(34-18-16-2)22(41-14)20-27(5,6)39(12)29(31,9)10/h21-22,33-34H,15-20H2,1-14H3. The third kappa shape index (κ3) is 5.25. The topological polar surface area (TPSA) is 87.7 Å². The lowest BCUT2D eigenvalue weighted by atomic mass is 9.63. The first-order valence-corrected chi connectivity index (χ1v) is 15.7. The Morgan fingerprint density at radius 1 is 0.707 bits per heavy atom. The number of nitrogens with zero attached hydrogens (tertiary/aromatic N) is 5. The largest absolute Gasteiger partial charge is 0.379 e. The number of nitrogens with one attached hydrogen (secondary N) is 2. The Bertz CT molecular complexity index is 987. The fraction of sp³-hybridized carbons (Fsp3) is 0.903. The highest BCUT2D eigenvalue weighted by Crippen LogP contribution is 2.52. The molecule has 1 aromatic heterocycles. The van der Waals surface area contributed by atoms with E-state index >= 15 is 0 Å². The van der Waals surface area contributed by atoms with Gasteiger partial charge in [0.2, 0.25) is 5.28 Å². The lowest BCUT2D eigenvalue weighted by Gasteiger charge is -2.64. The van der Waals surface area contributed by atoms with Gasteiger partial charge in [0.25, 0.3) is 0 Å². The maximum Gasteiger partial charge on any atom is 0.226 e. The molecule has 1 aromatic rings. The third-order valence-corrected chi connectivity index (χ3v) is 11.1. The summed E-state index contributed by atoms with van der Waals surface area (Å²) in [5, 5.41) is 7.98. The summed E-state index contributed by atoms with van der Waals surface area (Å²) in [5.74, 6) is 1.21. The van der Waals surface area contributed by atoms with Crippen LogP contribution in [0.4, 0.5) is 0 Å². The van der Waals surface area contributed by atoms with E-state index in [1.54, 1.807) is 14.2 Å². The minimum atomic E-state index is -0.762. The second-order valence-corrected chi connectivity index (χ2v) is 14.8. The maximum absolute atomic E-state index is 6.91. The Morgan fingerprint density at radius 3 is 1.34 bits per heavy atom. The highest BCUT2D eigenvalue weighted by atomic mass is 35.5. The minimum absolute atomic E-state index is 0.105. The lowest BCUT2D eigenvalue weighted by Crippen LogP contribution is -2.78. The molecule has 0 radical (unpaired) electrons. The molecule has 2 aliphatic heterocycles. The van der Waals surface area contributed by atoms with E-state index in [-0.39, 0.29) is 28.6 Å². The number of likely N-dealkylation sites (N-methyl/N-ethyl adjacent to an activating group) is 2. The van der Waals surface area contributed by atoms with Crippen LogP contribution in [0, 0.1) is 0 Å². The Kier molecular flexibility index (Phi) is 10.00. The van der Waals surface area contributed by atoms with E-state index in [1.165, 1.54) is 0 Å². The van der Waals surface area contributed by atoms with Crippen molar-refractivity contribution in [3.8, 4) is 0 Å². The van der Waals surface area contributed by atoms with E-state index < -0.39 is 22.2 Å².